The fraction of sp³-hybridized carbons (Fsp3) is 0.333. The van der Waals surface area contributed by atoms with Gasteiger partial charge in [-0.25, -0.2) is 9.24 Å². The van der Waals surface area contributed by atoms with Crippen LogP contribution in [0.3, 0.4) is 0 Å². The maximum Gasteiger partial charge on any atom is 0.278 e. The molecule has 0 aliphatic heterocycles. The average molecular weight is 365 g/mol. The third-order valence-electron chi connectivity index (χ3n) is 3.61. The van der Waals surface area contributed by atoms with E-state index in [9.17, 15) is 8.42 Å². The minimum Gasteiger partial charge on any atom is -0.207 e. The molecule has 0 fully saturated rings. The van der Waals surface area contributed by atoms with Gasteiger partial charge < -0.3 is 0 Å². The van der Waals surface area contributed by atoms with E-state index in [1.54, 1.807) is 4.52 Å². The predicted octanol–water partition coefficient (Wildman–Crippen LogP) is 1.70. The summed E-state index contributed by atoms with van der Waals surface area (Å²) < 4.78 is 28.9. The molecule has 7 nitrogen and oxygen atoms in total. The van der Waals surface area contributed by atoms with Gasteiger partial charge in [-0.1, -0.05) is 29.8 Å². The Labute approximate surface area is 145 Å². The number of thiazole rings is 1. The third-order valence-corrected chi connectivity index (χ3v) is 6.00. The summed E-state index contributed by atoms with van der Waals surface area (Å²) in [7, 11) is -0.412. The Kier molecular flexibility index (Phi) is 4.68. The Morgan fingerprint density at radius 1 is 1.25 bits per heavy atom. The lowest BCUT2D eigenvalue weighted by Crippen LogP contribution is -2.36. The number of nitrogens with one attached hydrogen (secondary N) is 1. The van der Waals surface area contributed by atoms with Crippen molar-refractivity contribution in [2.45, 2.75) is 13.3 Å². The molecule has 0 radical (unpaired) electrons. The van der Waals surface area contributed by atoms with E-state index in [-0.39, 0.29) is 0 Å². The quantitative estimate of drug-likeness (QED) is 0.721. The van der Waals surface area contributed by atoms with Crippen molar-refractivity contribution in [2.75, 3.05) is 20.6 Å². The third kappa shape index (κ3) is 3.48. The number of aromatic nitrogens is 3. The first-order chi connectivity index (χ1) is 11.4. The second kappa shape index (κ2) is 6.60. The Morgan fingerprint density at radius 3 is 2.62 bits per heavy atom. The second-order valence-corrected chi connectivity index (χ2v) is 8.46. The van der Waals surface area contributed by atoms with E-state index in [0.717, 1.165) is 20.5 Å². The molecule has 2 heterocycles. The Bertz CT molecular complexity index is 942. The van der Waals surface area contributed by atoms with Crippen LogP contribution in [0.5, 0.6) is 0 Å². The Hall–Kier alpha value is -1.81. The topological polar surface area (TPSA) is 79.6 Å². The molecule has 1 aromatic carbocycles. The summed E-state index contributed by atoms with van der Waals surface area (Å²) in [4.78, 5) is 5.34. The summed E-state index contributed by atoms with van der Waals surface area (Å²) in [5.74, 6) is 0.678. The molecule has 9 heteroatoms. The van der Waals surface area contributed by atoms with Crippen LogP contribution in [0.1, 0.15) is 11.3 Å². The molecule has 0 atom stereocenters. The Balaban J connectivity index is 1.77. The van der Waals surface area contributed by atoms with Crippen LogP contribution in [-0.2, 0) is 16.6 Å². The molecule has 3 aromatic rings. The van der Waals surface area contributed by atoms with Crippen LogP contribution < -0.4 is 4.72 Å². The van der Waals surface area contributed by atoms with Gasteiger partial charge in [0.2, 0.25) is 4.96 Å². The van der Waals surface area contributed by atoms with Crippen LogP contribution in [0.25, 0.3) is 16.3 Å². The van der Waals surface area contributed by atoms with Crippen molar-refractivity contribution in [3.63, 3.8) is 0 Å². The van der Waals surface area contributed by atoms with Crippen LogP contribution in [-0.4, -0.2) is 48.0 Å². The highest BCUT2D eigenvalue weighted by atomic mass is 32.2. The standard InChI is InChI=1S/C15H19N5O2S2/c1-11-4-6-12(7-5-11)14-17-15-20(18-14)13(10-23-15)8-9-16-24(21,22)19(2)3/h4-7,10,16H,8-9H2,1-3H3. The fourth-order valence-electron chi connectivity index (χ4n) is 2.16. The van der Waals surface area contributed by atoms with Gasteiger partial charge in [0.15, 0.2) is 5.82 Å². The smallest absolute Gasteiger partial charge is 0.207 e. The molecule has 1 N–H and O–H groups in total. The van der Waals surface area contributed by atoms with Crippen molar-refractivity contribution in [3.05, 3.63) is 40.9 Å². The molecular weight excluding hydrogens is 346 g/mol. The first-order valence-electron chi connectivity index (χ1n) is 7.44. The van der Waals surface area contributed by atoms with Crippen molar-refractivity contribution in [1.29, 1.82) is 0 Å². The van der Waals surface area contributed by atoms with E-state index < -0.39 is 10.2 Å². The Morgan fingerprint density at radius 2 is 1.96 bits per heavy atom. The van der Waals surface area contributed by atoms with E-state index >= 15 is 0 Å². The van der Waals surface area contributed by atoms with Gasteiger partial charge in [0.1, 0.15) is 0 Å². The molecule has 0 unspecified atom stereocenters. The lowest BCUT2D eigenvalue weighted by atomic mass is 10.1. The van der Waals surface area contributed by atoms with Crippen molar-refractivity contribution in [1.82, 2.24) is 23.6 Å². The molecule has 3 rings (SSSR count). The first kappa shape index (κ1) is 17.0. The van der Waals surface area contributed by atoms with Gasteiger partial charge in [-0.2, -0.15) is 17.7 Å². The number of aryl methyl sites for hydroxylation is 1. The zero-order valence-corrected chi connectivity index (χ0v) is 15.4. The first-order valence-corrected chi connectivity index (χ1v) is 9.76. The van der Waals surface area contributed by atoms with Crippen LogP contribution in [0.4, 0.5) is 0 Å². The van der Waals surface area contributed by atoms with E-state index in [1.165, 1.54) is 31.0 Å². The predicted molar refractivity (Wildman–Crippen MR) is 95.4 cm³/mol. The molecule has 0 aliphatic carbocycles. The fourth-order valence-corrected chi connectivity index (χ4v) is 3.63. The molecule has 0 aliphatic rings. The van der Waals surface area contributed by atoms with Gasteiger partial charge in [0.25, 0.3) is 10.2 Å². The van der Waals surface area contributed by atoms with Crippen LogP contribution in [0.2, 0.25) is 0 Å². The van der Waals surface area contributed by atoms with Crippen LogP contribution in [0.15, 0.2) is 29.6 Å². The summed E-state index contributed by atoms with van der Waals surface area (Å²) in [6.07, 6.45) is 0.545. The molecule has 0 saturated heterocycles. The van der Waals surface area contributed by atoms with Gasteiger partial charge >= 0.3 is 0 Å². The monoisotopic (exact) mass is 365 g/mol. The van der Waals surface area contributed by atoms with Gasteiger partial charge in [0.05, 0.1) is 5.69 Å². The largest absolute Gasteiger partial charge is 0.278 e. The van der Waals surface area contributed by atoms with Crippen molar-refractivity contribution in [3.8, 4) is 11.4 Å². The van der Waals surface area contributed by atoms with Gasteiger partial charge in [-0.05, 0) is 6.92 Å². The van der Waals surface area contributed by atoms with Gasteiger partial charge in [0, 0.05) is 38.0 Å². The van der Waals surface area contributed by atoms with E-state index in [1.807, 2.05) is 36.6 Å². The minimum atomic E-state index is -3.41. The normalized spacial score (nSPS) is 12.3. The zero-order valence-electron chi connectivity index (χ0n) is 13.7. The molecular formula is C15H19N5O2S2. The molecule has 0 bridgehead atoms. The summed E-state index contributed by atoms with van der Waals surface area (Å²) in [5, 5.41) is 6.51. The summed E-state index contributed by atoms with van der Waals surface area (Å²) in [5.41, 5.74) is 3.09. The number of benzene rings is 1. The number of fused-ring (bicyclic) bond motifs is 1. The lowest BCUT2D eigenvalue weighted by molar-refractivity contribution is 0.505. The molecule has 0 saturated carbocycles. The second-order valence-electron chi connectivity index (χ2n) is 5.65. The SMILES string of the molecule is Cc1ccc(-c2nc3scc(CCNS(=O)(=O)N(C)C)n3n2)cc1. The highest BCUT2D eigenvalue weighted by Crippen LogP contribution is 2.21. The zero-order chi connectivity index (χ0) is 17.3. The maximum atomic E-state index is 11.7. The molecule has 128 valence electrons. The number of nitrogens with zero attached hydrogens (tertiary/aromatic N) is 4. The van der Waals surface area contributed by atoms with E-state index in [2.05, 4.69) is 14.8 Å². The molecule has 0 amide bonds. The number of rotatable bonds is 6. The van der Waals surface area contributed by atoms with Gasteiger partial charge in [-0.3, -0.25) is 0 Å². The summed E-state index contributed by atoms with van der Waals surface area (Å²) in [6, 6.07) is 8.06. The average Bonchev–Trinajstić information content (AvgIpc) is 3.09. The van der Waals surface area contributed by atoms with Crippen molar-refractivity contribution >= 4 is 26.5 Å². The molecule has 2 aromatic heterocycles. The summed E-state index contributed by atoms with van der Waals surface area (Å²) >= 11 is 1.50. The van der Waals surface area contributed by atoms with Crippen LogP contribution in [0, 0.1) is 6.92 Å². The van der Waals surface area contributed by atoms with Crippen molar-refractivity contribution < 1.29 is 8.42 Å². The minimum absolute atomic E-state index is 0.312. The maximum absolute atomic E-state index is 11.7. The van der Waals surface area contributed by atoms with E-state index in [4.69, 9.17) is 0 Å². The van der Waals surface area contributed by atoms with Crippen molar-refractivity contribution in [2.24, 2.45) is 0 Å². The number of hydrogen-bond donors (Lipinski definition) is 1. The highest BCUT2D eigenvalue weighted by molar-refractivity contribution is 7.87. The molecule has 24 heavy (non-hydrogen) atoms. The van der Waals surface area contributed by atoms with Crippen LogP contribution >= 0.6 is 11.3 Å². The van der Waals surface area contributed by atoms with Gasteiger partial charge in [-0.15, -0.1) is 16.4 Å². The summed E-state index contributed by atoms with van der Waals surface area (Å²) in [6.45, 7) is 2.35. The lowest BCUT2D eigenvalue weighted by Gasteiger charge is -2.11. The highest BCUT2D eigenvalue weighted by Gasteiger charge is 2.14. The van der Waals surface area contributed by atoms with E-state index in [0.29, 0.717) is 18.8 Å². The number of hydrogen-bond acceptors (Lipinski definition) is 5. The molecule has 0 spiro atoms.